The van der Waals surface area contributed by atoms with E-state index in [-0.39, 0.29) is 0 Å². The van der Waals surface area contributed by atoms with Crippen LogP contribution in [0.4, 0.5) is 0 Å². The summed E-state index contributed by atoms with van der Waals surface area (Å²) in [6.07, 6.45) is 20.7. The Kier molecular flexibility index (Phi) is 44.5. The highest BCUT2D eigenvalue weighted by atomic mass is 14.5. The fourth-order valence-corrected chi connectivity index (χ4v) is 9.79. The van der Waals surface area contributed by atoms with E-state index in [1.54, 1.807) is 0 Å². The van der Waals surface area contributed by atoms with E-state index in [9.17, 15) is 0 Å². The zero-order valence-electron chi connectivity index (χ0n) is 66.8. The summed E-state index contributed by atoms with van der Waals surface area (Å²) in [5.74, 6) is 9.85. The summed E-state index contributed by atoms with van der Waals surface area (Å²) >= 11 is 0. The topological polar surface area (TPSA) is 0 Å². The van der Waals surface area contributed by atoms with Gasteiger partial charge in [-0.2, -0.15) is 0 Å². The lowest BCUT2D eigenvalue weighted by Crippen LogP contribution is -2.41. The van der Waals surface area contributed by atoms with Gasteiger partial charge in [0.15, 0.2) is 0 Å². The van der Waals surface area contributed by atoms with Gasteiger partial charge in [-0.3, -0.25) is 0 Å². The zero-order chi connectivity index (χ0) is 66.8. The van der Waals surface area contributed by atoms with Gasteiger partial charge < -0.3 is 0 Å². The highest BCUT2D eigenvalue weighted by molar-refractivity contribution is 4.91. The fourth-order valence-electron chi connectivity index (χ4n) is 9.79. The Balaban J connectivity index is -0.000000196. The van der Waals surface area contributed by atoms with Crippen LogP contribution in [0.25, 0.3) is 0 Å². The van der Waals surface area contributed by atoms with E-state index in [1.807, 2.05) is 0 Å². The summed E-state index contributed by atoms with van der Waals surface area (Å²) in [6.45, 7) is 104. The molecule has 0 aromatic rings. The lowest BCUT2D eigenvalue weighted by atomic mass is 9.56. The monoisotopic (exact) mass is 1150 g/mol. The van der Waals surface area contributed by atoms with Crippen molar-refractivity contribution >= 4 is 0 Å². The van der Waals surface area contributed by atoms with Gasteiger partial charge in [-0.15, -0.1) is 0 Å². The van der Waals surface area contributed by atoms with Crippen molar-refractivity contribution in [1.82, 2.24) is 0 Å². The summed E-state index contributed by atoms with van der Waals surface area (Å²) in [5, 5.41) is 0. The Morgan fingerprint density at radius 3 is 0.704 bits per heavy atom. The highest BCUT2D eigenvalue weighted by Gasteiger charge is 2.42. The third-order valence-corrected chi connectivity index (χ3v) is 24.4. The van der Waals surface area contributed by atoms with Crippen molar-refractivity contribution in [2.45, 2.75) is 401 Å². The molecule has 0 nitrogen and oxygen atoms in total. The van der Waals surface area contributed by atoms with Crippen LogP contribution >= 0.6 is 0 Å². The molecule has 2 unspecified atom stereocenters. The Bertz CT molecular complexity index is 1370. The van der Waals surface area contributed by atoms with Crippen LogP contribution in [0.15, 0.2) is 0 Å². The third-order valence-electron chi connectivity index (χ3n) is 24.4. The SMILES string of the molecule is CC(C(C)(C)C)C(C)(C)C.CC(C)(C)C(C)(C)C.CC(C)(C)C(C)(C)C(C)(C)C.CC(C)C(C)(C)C(C)(C)C.CC(C)C(C)(C)C(C)C.CC(C)[C@@H](C)C(C)(C)C.CC1CCCC[C@H]1C.CC1CCC[C@@H](C)C1.CCC1CCCCC1. The maximum atomic E-state index is 2.38. The van der Waals surface area contributed by atoms with E-state index < -0.39 is 0 Å². The van der Waals surface area contributed by atoms with Gasteiger partial charge in [0.2, 0.25) is 0 Å². The highest BCUT2D eigenvalue weighted by Crippen LogP contribution is 2.51. The Hall–Kier alpha value is 0. The van der Waals surface area contributed by atoms with Crippen LogP contribution in [0.3, 0.4) is 0 Å². The van der Waals surface area contributed by atoms with Crippen molar-refractivity contribution in [3.05, 3.63) is 0 Å². The van der Waals surface area contributed by atoms with Crippen molar-refractivity contribution in [3.8, 4) is 0 Å². The van der Waals surface area contributed by atoms with E-state index in [1.165, 1.54) is 89.9 Å². The zero-order valence-corrected chi connectivity index (χ0v) is 66.8. The largest absolute Gasteiger partial charge is 0.0651 e. The molecule has 0 aromatic carbocycles. The Labute approximate surface area is 523 Å². The molecule has 0 heterocycles. The second kappa shape index (κ2) is 39.1. The van der Waals surface area contributed by atoms with Gasteiger partial charge in [-0.1, -0.05) is 395 Å². The van der Waals surface area contributed by atoms with Gasteiger partial charge in [0.25, 0.3) is 0 Å². The van der Waals surface area contributed by atoms with Crippen LogP contribution in [0.1, 0.15) is 401 Å². The van der Waals surface area contributed by atoms with Gasteiger partial charge in [-0.25, -0.2) is 0 Å². The van der Waals surface area contributed by atoms with Crippen molar-refractivity contribution < 1.29 is 0 Å². The second-order valence-corrected chi connectivity index (χ2v) is 39.3. The maximum absolute atomic E-state index is 2.38. The molecule has 0 N–H and O–H groups in total. The lowest BCUT2D eigenvalue weighted by molar-refractivity contribution is 0.00575. The van der Waals surface area contributed by atoms with Crippen LogP contribution < -0.4 is 0 Å². The molecule has 0 amide bonds. The van der Waals surface area contributed by atoms with Crippen LogP contribution in [0, 0.1) is 125 Å². The average molecular weight is 1150 g/mol. The summed E-state index contributed by atoms with van der Waals surface area (Å²) in [5.41, 5.74) is 4.73. The van der Waals surface area contributed by atoms with Crippen LogP contribution in [0.2, 0.25) is 0 Å². The first-order valence-corrected chi connectivity index (χ1v) is 35.4. The first-order chi connectivity index (χ1) is 35.4. The van der Waals surface area contributed by atoms with Gasteiger partial charge in [0.05, 0.1) is 0 Å². The predicted octanol–water partition coefficient (Wildman–Crippen LogP) is 29.9. The molecule has 498 valence electrons. The molecule has 3 aliphatic carbocycles. The second-order valence-electron chi connectivity index (χ2n) is 39.3. The third kappa shape index (κ3) is 42.5. The molecule has 0 radical (unpaired) electrons. The smallest absolute Gasteiger partial charge is 0.0257 e. The summed E-state index contributed by atoms with van der Waals surface area (Å²) in [4.78, 5) is 0. The summed E-state index contributed by atoms with van der Waals surface area (Å²) in [7, 11) is 0. The van der Waals surface area contributed by atoms with E-state index in [0.29, 0.717) is 59.6 Å². The van der Waals surface area contributed by atoms with Crippen LogP contribution in [0.5, 0.6) is 0 Å². The first-order valence-electron chi connectivity index (χ1n) is 35.4. The molecule has 0 bridgehead atoms. The molecule has 81 heavy (non-hydrogen) atoms. The fraction of sp³-hybridized carbons (Fsp3) is 1.00. The molecule has 0 saturated heterocycles. The molecule has 0 aromatic heterocycles. The molecule has 0 heteroatoms. The van der Waals surface area contributed by atoms with Crippen molar-refractivity contribution in [2.75, 3.05) is 0 Å². The Morgan fingerprint density at radius 2 is 0.617 bits per heavy atom. The van der Waals surface area contributed by atoms with Crippen LogP contribution in [-0.2, 0) is 0 Å². The molecule has 5 atom stereocenters. The minimum Gasteiger partial charge on any atom is -0.0651 e. The first kappa shape index (κ1) is 92.2. The summed E-state index contributed by atoms with van der Waals surface area (Å²) < 4.78 is 0. The van der Waals surface area contributed by atoms with Gasteiger partial charge in [0.1, 0.15) is 0 Å². The lowest BCUT2D eigenvalue weighted by Gasteiger charge is -2.49. The summed E-state index contributed by atoms with van der Waals surface area (Å²) in [6, 6.07) is 0. The van der Waals surface area contributed by atoms with E-state index >= 15 is 0 Å². The molecule has 0 spiro atoms. The average Bonchev–Trinajstić information content (AvgIpc) is 3.26. The number of hydrogen-bond donors (Lipinski definition) is 0. The normalized spacial score (nSPS) is 20.5. The minimum absolute atomic E-state index is 0.375. The standard InChI is InChI=1S/C11H24.2C10H22.2C9H20.3C8H16.C8H18/c1-9(2,3)11(7,8)10(4,5)6;1-8(9(2,3)4)10(5,6)7;1-8(2)10(6,7)9(3,4)5;1-7(2)8(3)9(4,5)6;1-7(2)9(5,6)8(3)4;1-7-4-3-5-8(2)6-7;1-7-5-3-4-6-8(7)2;1-2-8-6-4-3-5-7-8;1-7(2,3)8(4,5)6/h1-8H3;2*8H,1-7H3;2*7-8H,1-6H3;2*7-8H,3-6H2,1-2H3;8H,2-7H2,1H3;1-6H3/t;;;8-;;2*7-,8?;;/m...1.11../s1. The van der Waals surface area contributed by atoms with Crippen molar-refractivity contribution in [2.24, 2.45) is 125 Å². The molecule has 3 fully saturated rings. The molecular weight excluding hydrogens is 973 g/mol. The van der Waals surface area contributed by atoms with E-state index in [4.69, 9.17) is 0 Å². The minimum atomic E-state index is 0.375. The van der Waals surface area contributed by atoms with Gasteiger partial charge >= 0.3 is 0 Å². The number of hydrogen-bond acceptors (Lipinski definition) is 0. The maximum Gasteiger partial charge on any atom is -0.0257 e. The molecule has 3 aliphatic rings. The van der Waals surface area contributed by atoms with Crippen molar-refractivity contribution in [3.63, 3.8) is 0 Å². The Morgan fingerprint density at radius 1 is 0.321 bits per heavy atom. The molecular formula is C81H174. The molecule has 3 rings (SSSR count). The molecule has 0 aliphatic heterocycles. The molecule has 3 saturated carbocycles. The van der Waals surface area contributed by atoms with E-state index in [2.05, 4.69) is 312 Å². The quantitative estimate of drug-likeness (QED) is 0.257. The van der Waals surface area contributed by atoms with Gasteiger partial charge in [0, 0.05) is 0 Å². The van der Waals surface area contributed by atoms with Crippen LogP contribution in [-0.4, -0.2) is 0 Å². The number of rotatable bonds is 5. The van der Waals surface area contributed by atoms with E-state index in [0.717, 1.165) is 65.1 Å². The van der Waals surface area contributed by atoms with Crippen molar-refractivity contribution in [1.29, 1.82) is 0 Å². The predicted molar refractivity (Wildman–Crippen MR) is 385 cm³/mol. The van der Waals surface area contributed by atoms with Gasteiger partial charge in [-0.05, 0) is 131 Å².